The van der Waals surface area contributed by atoms with Gasteiger partial charge in [-0.05, 0) is 78.5 Å². The van der Waals surface area contributed by atoms with Gasteiger partial charge in [-0.15, -0.1) is 0 Å². The zero-order valence-electron chi connectivity index (χ0n) is 20.4. The van der Waals surface area contributed by atoms with Crippen LogP contribution in [0.5, 0.6) is 0 Å². The van der Waals surface area contributed by atoms with Crippen molar-refractivity contribution < 1.29 is 9.31 Å². The molecule has 1 aliphatic heterocycles. The molecule has 0 saturated carbocycles. The molecule has 4 nitrogen and oxygen atoms in total. The summed E-state index contributed by atoms with van der Waals surface area (Å²) in [5.74, 6) is 0. The lowest BCUT2D eigenvalue weighted by Gasteiger charge is -2.32. The first-order valence-electron chi connectivity index (χ1n) is 12.0. The number of hydrogen-bond donors (Lipinski definition) is 0. The van der Waals surface area contributed by atoms with Crippen molar-refractivity contribution in [1.29, 1.82) is 0 Å². The molecule has 3 heterocycles. The third kappa shape index (κ3) is 3.54. The molecule has 0 radical (unpaired) electrons. The number of aromatic nitrogens is 2. The first-order valence-corrected chi connectivity index (χ1v) is 12.0. The van der Waals surface area contributed by atoms with Crippen LogP contribution in [-0.2, 0) is 9.31 Å². The van der Waals surface area contributed by atoms with E-state index in [0.29, 0.717) is 0 Å². The molecule has 1 saturated heterocycles. The summed E-state index contributed by atoms with van der Waals surface area (Å²) in [6.45, 7) is 8.39. The quantitative estimate of drug-likeness (QED) is 0.231. The van der Waals surface area contributed by atoms with Crippen LogP contribution >= 0.6 is 0 Å². The monoisotopic (exact) mass is 458 g/mol. The van der Waals surface area contributed by atoms with Gasteiger partial charge in [0.05, 0.1) is 22.6 Å². The lowest BCUT2D eigenvalue weighted by molar-refractivity contribution is 0.00578. The highest BCUT2D eigenvalue weighted by Crippen LogP contribution is 2.40. The van der Waals surface area contributed by atoms with Gasteiger partial charge in [-0.2, -0.15) is 0 Å². The maximum atomic E-state index is 6.54. The Hall–Kier alpha value is -3.54. The largest absolute Gasteiger partial charge is 0.496 e. The fourth-order valence-corrected chi connectivity index (χ4v) is 4.90. The Labute approximate surface area is 206 Å². The van der Waals surface area contributed by atoms with Gasteiger partial charge < -0.3 is 9.31 Å². The molecule has 0 amide bonds. The number of hydrogen-bond acceptors (Lipinski definition) is 4. The second-order valence-electron chi connectivity index (χ2n) is 10.1. The molecule has 0 bridgehead atoms. The van der Waals surface area contributed by atoms with Gasteiger partial charge in [0.1, 0.15) is 0 Å². The lowest BCUT2D eigenvalue weighted by atomic mass is 9.71. The predicted octanol–water partition coefficient (Wildman–Crippen LogP) is 6.42. The lowest BCUT2D eigenvalue weighted by Crippen LogP contribution is -2.41. The second-order valence-corrected chi connectivity index (χ2v) is 10.1. The van der Waals surface area contributed by atoms with E-state index in [1.165, 1.54) is 0 Å². The molecular weight excluding hydrogens is 431 g/mol. The summed E-state index contributed by atoms with van der Waals surface area (Å²) in [6, 6.07) is 27.1. The van der Waals surface area contributed by atoms with Crippen LogP contribution in [0, 0.1) is 0 Å². The van der Waals surface area contributed by atoms with Gasteiger partial charge in [0.2, 0.25) is 0 Å². The van der Waals surface area contributed by atoms with E-state index >= 15 is 0 Å². The van der Waals surface area contributed by atoms with Gasteiger partial charge >= 0.3 is 7.12 Å². The van der Waals surface area contributed by atoms with Crippen molar-refractivity contribution in [3.05, 3.63) is 91.3 Å². The summed E-state index contributed by atoms with van der Waals surface area (Å²) in [7, 11) is -0.450. The molecule has 5 heteroatoms. The average Bonchev–Trinajstić information content (AvgIpc) is 3.09. The summed E-state index contributed by atoms with van der Waals surface area (Å²) >= 11 is 0. The van der Waals surface area contributed by atoms with Gasteiger partial charge in [-0.3, -0.25) is 9.97 Å². The fourth-order valence-electron chi connectivity index (χ4n) is 4.90. The summed E-state index contributed by atoms with van der Waals surface area (Å²) in [5, 5.41) is 4.58. The molecule has 6 rings (SSSR count). The minimum Gasteiger partial charge on any atom is -0.399 e. The van der Waals surface area contributed by atoms with Crippen LogP contribution in [0.1, 0.15) is 27.7 Å². The number of rotatable bonds is 3. The van der Waals surface area contributed by atoms with E-state index in [9.17, 15) is 0 Å². The molecule has 172 valence electrons. The molecule has 3 aromatic carbocycles. The van der Waals surface area contributed by atoms with Crippen LogP contribution in [0.2, 0.25) is 0 Å². The standard InChI is InChI=1S/C30H27BN2O2/c1-29(2)30(3,4)35-31(34-29)28-23-13-7-5-11-21(23)27(22-12-6-8-14-24(22)28)20-16-17-26(33-19-20)25-15-9-10-18-32-25/h5-19H,1-4H3. The van der Waals surface area contributed by atoms with Gasteiger partial charge in [0, 0.05) is 18.0 Å². The zero-order chi connectivity index (χ0) is 24.2. The van der Waals surface area contributed by atoms with Crippen molar-refractivity contribution in [2.75, 3.05) is 0 Å². The normalized spacial score (nSPS) is 16.7. The maximum Gasteiger partial charge on any atom is 0.496 e. The minimum atomic E-state index is -0.450. The van der Waals surface area contributed by atoms with E-state index < -0.39 is 18.3 Å². The van der Waals surface area contributed by atoms with E-state index in [0.717, 1.165) is 49.5 Å². The Kier molecular flexibility index (Phi) is 5.03. The summed E-state index contributed by atoms with van der Waals surface area (Å²) in [6.07, 6.45) is 3.74. The Morgan fingerprint density at radius 3 is 1.66 bits per heavy atom. The highest BCUT2D eigenvalue weighted by Gasteiger charge is 2.52. The molecule has 35 heavy (non-hydrogen) atoms. The number of benzene rings is 3. The fraction of sp³-hybridized carbons (Fsp3) is 0.200. The smallest absolute Gasteiger partial charge is 0.399 e. The van der Waals surface area contributed by atoms with Crippen LogP contribution in [0.15, 0.2) is 91.3 Å². The van der Waals surface area contributed by atoms with E-state index in [2.05, 4.69) is 87.3 Å². The van der Waals surface area contributed by atoms with Crippen molar-refractivity contribution in [3.63, 3.8) is 0 Å². The zero-order valence-corrected chi connectivity index (χ0v) is 20.4. The highest BCUT2D eigenvalue weighted by atomic mass is 16.7. The van der Waals surface area contributed by atoms with Crippen LogP contribution in [0.3, 0.4) is 0 Å². The maximum absolute atomic E-state index is 6.54. The van der Waals surface area contributed by atoms with E-state index in [-0.39, 0.29) is 0 Å². The van der Waals surface area contributed by atoms with Gasteiger partial charge in [0.25, 0.3) is 0 Å². The van der Waals surface area contributed by atoms with Crippen molar-refractivity contribution in [1.82, 2.24) is 9.97 Å². The van der Waals surface area contributed by atoms with Crippen LogP contribution in [0.25, 0.3) is 44.1 Å². The second kappa shape index (κ2) is 8.01. The number of pyridine rings is 2. The summed E-state index contributed by atoms with van der Waals surface area (Å²) in [5.41, 5.74) is 4.21. The Bertz CT molecular complexity index is 1470. The van der Waals surface area contributed by atoms with Crippen molar-refractivity contribution >= 4 is 34.1 Å². The highest BCUT2D eigenvalue weighted by molar-refractivity contribution is 6.68. The van der Waals surface area contributed by atoms with Crippen molar-refractivity contribution in [2.24, 2.45) is 0 Å². The van der Waals surface area contributed by atoms with Crippen molar-refractivity contribution in [3.8, 4) is 22.5 Å². The van der Waals surface area contributed by atoms with E-state index in [4.69, 9.17) is 14.3 Å². The molecule has 5 aromatic rings. The summed E-state index contributed by atoms with van der Waals surface area (Å²) < 4.78 is 13.1. The molecular formula is C30H27BN2O2. The number of fused-ring (bicyclic) bond motifs is 2. The number of nitrogens with zero attached hydrogens (tertiary/aromatic N) is 2. The van der Waals surface area contributed by atoms with Crippen molar-refractivity contribution in [2.45, 2.75) is 38.9 Å². The summed E-state index contributed by atoms with van der Waals surface area (Å²) in [4.78, 5) is 9.21. The molecule has 1 aliphatic rings. The first-order chi connectivity index (χ1) is 16.9. The average molecular weight is 458 g/mol. The Balaban J connectivity index is 1.58. The van der Waals surface area contributed by atoms with E-state index in [1.807, 2.05) is 30.5 Å². The van der Waals surface area contributed by atoms with Crippen LogP contribution in [-0.4, -0.2) is 28.3 Å². The Morgan fingerprint density at radius 2 is 1.14 bits per heavy atom. The minimum absolute atomic E-state index is 0.413. The molecule has 0 aliphatic carbocycles. The molecule has 0 unspecified atom stereocenters. The van der Waals surface area contributed by atoms with Gasteiger partial charge in [-0.1, -0.05) is 60.7 Å². The molecule has 2 aromatic heterocycles. The molecule has 0 N–H and O–H groups in total. The third-order valence-electron chi connectivity index (χ3n) is 7.44. The van der Waals surface area contributed by atoms with E-state index in [1.54, 1.807) is 6.20 Å². The molecule has 1 fully saturated rings. The molecule has 0 atom stereocenters. The first kappa shape index (κ1) is 22.0. The SMILES string of the molecule is CC1(C)OB(c2c3ccccc3c(-c3ccc(-c4ccccn4)nc3)c3ccccc23)OC1(C)C. The topological polar surface area (TPSA) is 44.2 Å². The Morgan fingerprint density at radius 1 is 0.600 bits per heavy atom. The van der Waals surface area contributed by atoms with Crippen LogP contribution < -0.4 is 5.46 Å². The van der Waals surface area contributed by atoms with Gasteiger partial charge in [0.15, 0.2) is 0 Å². The predicted molar refractivity (Wildman–Crippen MR) is 144 cm³/mol. The van der Waals surface area contributed by atoms with Gasteiger partial charge in [-0.25, -0.2) is 0 Å². The van der Waals surface area contributed by atoms with Crippen LogP contribution in [0.4, 0.5) is 0 Å². The molecule has 0 spiro atoms. The third-order valence-corrected chi connectivity index (χ3v) is 7.44.